The number of hydrogen-bond acceptors (Lipinski definition) is 4. The highest BCUT2D eigenvalue weighted by Gasteiger charge is 2.31. The second kappa shape index (κ2) is 5.48. The van der Waals surface area contributed by atoms with Gasteiger partial charge >= 0.3 is 0 Å². The molecule has 0 radical (unpaired) electrons. The predicted octanol–water partition coefficient (Wildman–Crippen LogP) is 2.51. The third-order valence-electron chi connectivity index (χ3n) is 3.77. The number of carbonyl (C=O) groups excluding carboxylic acids is 1. The monoisotopic (exact) mass is 262 g/mol. The molecule has 0 heterocycles. The molecule has 1 aliphatic rings. The van der Waals surface area contributed by atoms with Crippen molar-refractivity contribution in [2.75, 3.05) is 13.6 Å². The van der Waals surface area contributed by atoms with Crippen LogP contribution in [0, 0.1) is 16.0 Å². The molecule has 1 aromatic carbocycles. The van der Waals surface area contributed by atoms with Gasteiger partial charge in [-0.25, -0.2) is 0 Å². The number of carbonyl (C=O) groups is 1. The van der Waals surface area contributed by atoms with Gasteiger partial charge in [0.15, 0.2) is 5.78 Å². The lowest BCUT2D eigenvalue weighted by Crippen LogP contribution is -2.35. The van der Waals surface area contributed by atoms with Crippen LogP contribution in [-0.4, -0.2) is 35.2 Å². The fraction of sp³-hybridized carbons (Fsp3) is 0.500. The van der Waals surface area contributed by atoms with E-state index in [0.717, 1.165) is 0 Å². The van der Waals surface area contributed by atoms with Gasteiger partial charge in [0.2, 0.25) is 0 Å². The zero-order valence-corrected chi connectivity index (χ0v) is 11.2. The van der Waals surface area contributed by atoms with Crippen LogP contribution in [-0.2, 0) is 0 Å². The molecule has 0 amide bonds. The molecule has 1 atom stereocenters. The minimum Gasteiger partial charge on any atom is -0.296 e. The van der Waals surface area contributed by atoms with E-state index in [1.165, 1.54) is 25.0 Å². The van der Waals surface area contributed by atoms with Crippen LogP contribution in [0.15, 0.2) is 24.3 Å². The van der Waals surface area contributed by atoms with Gasteiger partial charge in [0, 0.05) is 23.7 Å². The summed E-state index contributed by atoms with van der Waals surface area (Å²) in [6.07, 6.45) is 2.47. The lowest BCUT2D eigenvalue weighted by atomic mass is 10.1. The summed E-state index contributed by atoms with van der Waals surface area (Å²) >= 11 is 0. The number of benzene rings is 1. The smallest absolute Gasteiger partial charge is 0.270 e. The van der Waals surface area contributed by atoms with Crippen molar-refractivity contribution in [2.24, 2.45) is 5.92 Å². The normalized spacial score (nSPS) is 16.4. The SMILES string of the molecule is CC(C1CC1)N(C)CC(=O)c1cccc([N+](=O)[O-])c1. The van der Waals surface area contributed by atoms with Crippen molar-refractivity contribution < 1.29 is 9.72 Å². The minimum atomic E-state index is -0.479. The van der Waals surface area contributed by atoms with Gasteiger partial charge < -0.3 is 0 Å². The molecule has 0 aromatic heterocycles. The van der Waals surface area contributed by atoms with Crippen LogP contribution < -0.4 is 0 Å². The fourth-order valence-corrected chi connectivity index (χ4v) is 2.19. The largest absolute Gasteiger partial charge is 0.296 e. The standard InChI is InChI=1S/C14H18N2O3/c1-10(11-6-7-11)15(2)9-14(17)12-4-3-5-13(8-12)16(18)19/h3-5,8,10-11H,6-7,9H2,1-2H3. The first kappa shape index (κ1) is 13.7. The number of nitrogens with zero attached hydrogens (tertiary/aromatic N) is 2. The summed E-state index contributed by atoms with van der Waals surface area (Å²) in [4.78, 5) is 24.3. The van der Waals surface area contributed by atoms with Gasteiger partial charge in [0.1, 0.15) is 0 Å². The van der Waals surface area contributed by atoms with Crippen LogP contribution in [0.2, 0.25) is 0 Å². The van der Waals surface area contributed by atoms with Crippen molar-refractivity contribution in [3.63, 3.8) is 0 Å². The Morgan fingerprint density at radius 3 is 2.79 bits per heavy atom. The van der Waals surface area contributed by atoms with Gasteiger partial charge in [0.25, 0.3) is 5.69 Å². The van der Waals surface area contributed by atoms with Crippen molar-refractivity contribution >= 4 is 11.5 Å². The van der Waals surface area contributed by atoms with Gasteiger partial charge in [-0.3, -0.25) is 19.8 Å². The maximum absolute atomic E-state index is 12.1. The molecule has 1 aliphatic carbocycles. The molecule has 1 fully saturated rings. The van der Waals surface area contributed by atoms with Crippen molar-refractivity contribution in [2.45, 2.75) is 25.8 Å². The maximum atomic E-state index is 12.1. The zero-order chi connectivity index (χ0) is 14.0. The Balaban J connectivity index is 2.02. The second-order valence-electron chi connectivity index (χ2n) is 5.22. The molecule has 102 valence electrons. The average molecular weight is 262 g/mol. The highest BCUT2D eigenvalue weighted by atomic mass is 16.6. The summed E-state index contributed by atoms with van der Waals surface area (Å²) in [5.74, 6) is 0.626. The summed E-state index contributed by atoms with van der Waals surface area (Å²) in [5.41, 5.74) is 0.368. The van der Waals surface area contributed by atoms with E-state index in [2.05, 4.69) is 6.92 Å². The Hall–Kier alpha value is -1.75. The number of hydrogen-bond donors (Lipinski definition) is 0. The average Bonchev–Trinajstić information content (AvgIpc) is 3.22. The number of likely N-dealkylation sites (N-methyl/N-ethyl adjacent to an activating group) is 1. The van der Waals surface area contributed by atoms with Crippen LogP contribution in [0.3, 0.4) is 0 Å². The van der Waals surface area contributed by atoms with E-state index in [1.54, 1.807) is 12.1 Å². The second-order valence-corrected chi connectivity index (χ2v) is 5.22. The number of nitro benzene ring substituents is 1. The topological polar surface area (TPSA) is 63.5 Å². The van der Waals surface area contributed by atoms with E-state index >= 15 is 0 Å². The number of nitro groups is 1. The van der Waals surface area contributed by atoms with Crippen molar-refractivity contribution in [1.82, 2.24) is 4.90 Å². The van der Waals surface area contributed by atoms with E-state index in [9.17, 15) is 14.9 Å². The van der Waals surface area contributed by atoms with E-state index in [0.29, 0.717) is 24.1 Å². The molecule has 19 heavy (non-hydrogen) atoms. The number of ketones is 1. The Morgan fingerprint density at radius 2 is 2.21 bits per heavy atom. The van der Waals surface area contributed by atoms with Crippen molar-refractivity contribution in [3.8, 4) is 0 Å². The van der Waals surface area contributed by atoms with E-state index < -0.39 is 4.92 Å². The summed E-state index contributed by atoms with van der Waals surface area (Å²) in [6.45, 7) is 2.43. The quantitative estimate of drug-likeness (QED) is 0.449. The molecular formula is C14H18N2O3. The van der Waals surface area contributed by atoms with Crippen LogP contribution >= 0.6 is 0 Å². The lowest BCUT2D eigenvalue weighted by Gasteiger charge is -2.23. The molecule has 0 aliphatic heterocycles. The van der Waals surface area contributed by atoms with Crippen LogP contribution in [0.1, 0.15) is 30.1 Å². The van der Waals surface area contributed by atoms with E-state index in [4.69, 9.17) is 0 Å². The number of Topliss-reactive ketones (excluding diaryl/α,β-unsaturated/α-hetero) is 1. The first-order chi connectivity index (χ1) is 8.99. The molecule has 1 unspecified atom stereocenters. The molecule has 1 saturated carbocycles. The fourth-order valence-electron chi connectivity index (χ4n) is 2.19. The first-order valence-corrected chi connectivity index (χ1v) is 6.47. The van der Waals surface area contributed by atoms with Gasteiger partial charge in [-0.05, 0) is 32.7 Å². The highest BCUT2D eigenvalue weighted by molar-refractivity contribution is 5.98. The van der Waals surface area contributed by atoms with Crippen LogP contribution in [0.4, 0.5) is 5.69 Å². The van der Waals surface area contributed by atoms with Gasteiger partial charge in [-0.1, -0.05) is 12.1 Å². The Morgan fingerprint density at radius 1 is 1.53 bits per heavy atom. The minimum absolute atomic E-state index is 0.0382. The molecule has 5 heteroatoms. The molecular weight excluding hydrogens is 244 g/mol. The first-order valence-electron chi connectivity index (χ1n) is 6.47. The molecule has 5 nitrogen and oxygen atoms in total. The van der Waals surface area contributed by atoms with Crippen molar-refractivity contribution in [1.29, 1.82) is 0 Å². The lowest BCUT2D eigenvalue weighted by molar-refractivity contribution is -0.384. The van der Waals surface area contributed by atoms with E-state index in [-0.39, 0.29) is 11.5 Å². The summed E-state index contributed by atoms with van der Waals surface area (Å²) < 4.78 is 0. The summed E-state index contributed by atoms with van der Waals surface area (Å²) in [5, 5.41) is 10.7. The Bertz CT molecular complexity index is 497. The molecule has 0 spiro atoms. The van der Waals surface area contributed by atoms with E-state index in [1.807, 2.05) is 11.9 Å². The molecule has 0 saturated heterocycles. The van der Waals surface area contributed by atoms with Gasteiger partial charge in [0.05, 0.1) is 11.5 Å². The van der Waals surface area contributed by atoms with Crippen LogP contribution in [0.25, 0.3) is 0 Å². The molecule has 0 N–H and O–H groups in total. The Kier molecular flexibility index (Phi) is 3.95. The maximum Gasteiger partial charge on any atom is 0.270 e. The summed E-state index contributed by atoms with van der Waals surface area (Å²) in [6, 6.07) is 6.31. The molecule has 2 rings (SSSR count). The third kappa shape index (κ3) is 3.38. The number of non-ortho nitro benzene ring substituents is 1. The Labute approximate surface area is 112 Å². The molecule has 1 aromatic rings. The van der Waals surface area contributed by atoms with Crippen molar-refractivity contribution in [3.05, 3.63) is 39.9 Å². The van der Waals surface area contributed by atoms with Gasteiger partial charge in [-0.2, -0.15) is 0 Å². The van der Waals surface area contributed by atoms with Crippen LogP contribution in [0.5, 0.6) is 0 Å². The molecule has 0 bridgehead atoms. The van der Waals surface area contributed by atoms with Gasteiger partial charge in [-0.15, -0.1) is 0 Å². The summed E-state index contributed by atoms with van der Waals surface area (Å²) in [7, 11) is 1.93. The zero-order valence-electron chi connectivity index (χ0n) is 11.2. The number of rotatable bonds is 6. The third-order valence-corrected chi connectivity index (χ3v) is 3.77. The predicted molar refractivity (Wildman–Crippen MR) is 72.2 cm³/mol. The highest BCUT2D eigenvalue weighted by Crippen LogP contribution is 2.34.